The first-order valence-corrected chi connectivity index (χ1v) is 12.3. The van der Waals surface area contributed by atoms with E-state index in [4.69, 9.17) is 4.74 Å². The average molecular weight is 522 g/mol. The van der Waals surface area contributed by atoms with Gasteiger partial charge in [-0.3, -0.25) is 4.57 Å². The summed E-state index contributed by atoms with van der Waals surface area (Å²) < 4.78 is 83.8. The zero-order chi connectivity index (χ0) is 26.3. The minimum Gasteiger partial charge on any atom is -0.436 e. The number of ether oxygens (including phenoxy) is 1. The minimum absolute atomic E-state index is 0.0228. The molecule has 0 bridgehead atoms. The lowest BCUT2D eigenvalue weighted by molar-refractivity contribution is -0.137. The second-order valence-corrected chi connectivity index (χ2v) is 10.1. The summed E-state index contributed by atoms with van der Waals surface area (Å²) in [5.74, 6) is -1.48. The Morgan fingerprint density at radius 2 is 1.86 bits per heavy atom. The van der Waals surface area contributed by atoms with Gasteiger partial charge in [0.05, 0.1) is 22.5 Å². The van der Waals surface area contributed by atoms with Gasteiger partial charge in [0.1, 0.15) is 6.33 Å². The quantitative estimate of drug-likeness (QED) is 0.356. The van der Waals surface area contributed by atoms with Crippen LogP contribution in [0.3, 0.4) is 0 Å². The van der Waals surface area contributed by atoms with E-state index in [0.717, 1.165) is 35.3 Å². The molecule has 0 aliphatic carbocycles. The zero-order valence-electron chi connectivity index (χ0n) is 18.8. The van der Waals surface area contributed by atoms with Crippen LogP contribution in [0.15, 0.2) is 54.9 Å². The number of carbonyl (C=O) groups excluding carboxylic acids is 1. The van der Waals surface area contributed by atoms with Crippen molar-refractivity contribution in [3.05, 3.63) is 77.6 Å². The van der Waals surface area contributed by atoms with Crippen LogP contribution in [0.5, 0.6) is 11.6 Å². The number of alkyl halides is 3. The van der Waals surface area contributed by atoms with E-state index in [0.29, 0.717) is 5.69 Å². The number of nitrogens with zero attached hydrogens (tertiary/aromatic N) is 3. The van der Waals surface area contributed by atoms with E-state index < -0.39 is 33.4 Å². The van der Waals surface area contributed by atoms with E-state index in [9.17, 15) is 26.4 Å². The summed E-state index contributed by atoms with van der Waals surface area (Å²) in [6.07, 6.45) is -2.45. The summed E-state index contributed by atoms with van der Waals surface area (Å²) in [5.41, 5.74) is -0.362. The molecule has 2 heterocycles. The number of sulfone groups is 1. The number of anilines is 1. The van der Waals surface area contributed by atoms with Crippen molar-refractivity contribution >= 4 is 32.5 Å². The van der Waals surface area contributed by atoms with E-state index >= 15 is 4.39 Å². The molecule has 0 unspecified atom stereocenters. The first-order valence-electron chi connectivity index (χ1n) is 10.3. The normalized spacial score (nSPS) is 12.1. The average Bonchev–Trinajstić information content (AvgIpc) is 3.11. The van der Waals surface area contributed by atoms with Crippen LogP contribution in [0.1, 0.15) is 17.0 Å². The third kappa shape index (κ3) is 5.46. The number of aryl methyl sites for hydroxylation is 1. The molecule has 0 atom stereocenters. The SMILES string of the molecule is Cc1cc2c(F)c(Oc3cc(CS(C)(=O)=O)ncn3)ccc2n1C(=O)Nc1cccc(C(F)(F)F)c1. The van der Waals surface area contributed by atoms with E-state index in [2.05, 4.69) is 15.3 Å². The fraction of sp³-hybridized carbons (Fsp3) is 0.174. The molecule has 13 heteroatoms. The van der Waals surface area contributed by atoms with Gasteiger partial charge >= 0.3 is 12.2 Å². The van der Waals surface area contributed by atoms with Gasteiger partial charge in [-0.15, -0.1) is 0 Å². The van der Waals surface area contributed by atoms with E-state index in [1.807, 2.05) is 0 Å². The number of benzene rings is 2. The molecule has 1 N–H and O–H groups in total. The highest BCUT2D eigenvalue weighted by Crippen LogP contribution is 2.33. The summed E-state index contributed by atoms with van der Waals surface area (Å²) in [4.78, 5) is 20.6. The molecule has 0 fully saturated rings. The molecule has 0 spiro atoms. The molecule has 1 amide bonds. The maximum absolute atomic E-state index is 15.3. The van der Waals surface area contributed by atoms with Crippen LogP contribution in [-0.2, 0) is 21.8 Å². The van der Waals surface area contributed by atoms with Crippen molar-refractivity contribution in [3.63, 3.8) is 0 Å². The van der Waals surface area contributed by atoms with Gasteiger partial charge in [-0.25, -0.2) is 27.6 Å². The Morgan fingerprint density at radius 1 is 1.11 bits per heavy atom. The Bertz CT molecular complexity index is 1580. The van der Waals surface area contributed by atoms with Crippen molar-refractivity contribution in [1.29, 1.82) is 0 Å². The number of carbonyl (C=O) groups is 1. The molecule has 0 aliphatic heterocycles. The number of hydrogen-bond acceptors (Lipinski definition) is 6. The van der Waals surface area contributed by atoms with E-state index in [-0.39, 0.29) is 39.7 Å². The van der Waals surface area contributed by atoms with Crippen LogP contribution in [0.25, 0.3) is 10.9 Å². The van der Waals surface area contributed by atoms with Crippen molar-refractivity contribution in [1.82, 2.24) is 14.5 Å². The second kappa shape index (κ2) is 9.22. The monoisotopic (exact) mass is 522 g/mol. The van der Waals surface area contributed by atoms with E-state index in [1.54, 1.807) is 0 Å². The largest absolute Gasteiger partial charge is 0.436 e. The zero-order valence-corrected chi connectivity index (χ0v) is 19.6. The third-order valence-corrected chi connectivity index (χ3v) is 5.86. The Labute approximate surface area is 202 Å². The highest BCUT2D eigenvalue weighted by molar-refractivity contribution is 7.89. The molecule has 4 rings (SSSR count). The summed E-state index contributed by atoms with van der Waals surface area (Å²) in [6.45, 7) is 1.54. The van der Waals surface area contributed by atoms with Crippen LogP contribution >= 0.6 is 0 Å². The fourth-order valence-corrected chi connectivity index (χ4v) is 4.25. The van der Waals surface area contributed by atoms with Crippen LogP contribution in [-0.4, -0.2) is 35.2 Å². The number of aromatic nitrogens is 3. The van der Waals surface area contributed by atoms with Crippen LogP contribution < -0.4 is 10.1 Å². The standard InChI is InChI=1S/C23H18F4N4O4S/c1-13-8-17-18(31(13)22(32)30-15-5-3-4-14(9-15)23(25,26)27)6-7-19(21(17)24)35-20-10-16(28-12-29-20)11-36(2,33)34/h3-10,12H,11H2,1-2H3,(H,30,32). The summed E-state index contributed by atoms with van der Waals surface area (Å²) in [6, 6.07) is 8.68. The first-order chi connectivity index (χ1) is 16.8. The van der Waals surface area contributed by atoms with Gasteiger partial charge in [-0.1, -0.05) is 6.07 Å². The number of nitrogens with one attached hydrogen (secondary N) is 1. The van der Waals surface area contributed by atoms with Gasteiger partial charge in [-0.2, -0.15) is 13.2 Å². The highest BCUT2D eigenvalue weighted by Gasteiger charge is 2.30. The van der Waals surface area contributed by atoms with E-state index in [1.165, 1.54) is 37.3 Å². The smallest absolute Gasteiger partial charge is 0.416 e. The van der Waals surface area contributed by atoms with Crippen molar-refractivity contribution in [2.24, 2.45) is 0 Å². The summed E-state index contributed by atoms with van der Waals surface area (Å²) in [5, 5.41) is 2.42. The van der Waals surface area contributed by atoms with Crippen molar-refractivity contribution < 1.29 is 35.5 Å². The predicted molar refractivity (Wildman–Crippen MR) is 123 cm³/mol. The van der Waals surface area contributed by atoms with Crippen LogP contribution in [0, 0.1) is 12.7 Å². The lowest BCUT2D eigenvalue weighted by atomic mass is 10.2. The number of halogens is 4. The summed E-state index contributed by atoms with van der Waals surface area (Å²) in [7, 11) is -3.36. The van der Waals surface area contributed by atoms with Crippen LogP contribution in [0.4, 0.5) is 28.0 Å². The number of hydrogen-bond donors (Lipinski definition) is 1. The van der Waals surface area contributed by atoms with Crippen molar-refractivity contribution in [2.45, 2.75) is 18.9 Å². The Hall–Kier alpha value is -4.00. The molecule has 2 aromatic carbocycles. The Kier molecular flexibility index (Phi) is 6.43. The third-order valence-electron chi connectivity index (χ3n) is 5.04. The highest BCUT2D eigenvalue weighted by atomic mass is 32.2. The van der Waals surface area contributed by atoms with Crippen molar-refractivity contribution in [2.75, 3.05) is 11.6 Å². The van der Waals surface area contributed by atoms with Gasteiger partial charge in [0.25, 0.3) is 0 Å². The molecule has 0 saturated heterocycles. The topological polar surface area (TPSA) is 103 Å². The van der Waals surface area contributed by atoms with Gasteiger partial charge < -0.3 is 10.1 Å². The number of fused-ring (bicyclic) bond motifs is 1. The molecule has 8 nitrogen and oxygen atoms in total. The van der Waals surface area contributed by atoms with Gasteiger partial charge in [0.2, 0.25) is 5.88 Å². The van der Waals surface area contributed by atoms with Gasteiger partial charge in [-0.05, 0) is 43.3 Å². The molecule has 0 aliphatic rings. The Morgan fingerprint density at radius 3 is 2.56 bits per heavy atom. The first kappa shape index (κ1) is 25.1. The summed E-state index contributed by atoms with van der Waals surface area (Å²) >= 11 is 0. The molecule has 0 radical (unpaired) electrons. The molecular weight excluding hydrogens is 504 g/mol. The Balaban J connectivity index is 1.62. The molecule has 188 valence electrons. The van der Waals surface area contributed by atoms with Crippen molar-refractivity contribution in [3.8, 4) is 11.6 Å². The number of rotatable bonds is 5. The predicted octanol–water partition coefficient (Wildman–Crippen LogP) is 5.31. The molecular formula is C23H18F4N4O4S. The fourth-order valence-electron chi connectivity index (χ4n) is 3.55. The van der Waals surface area contributed by atoms with Gasteiger partial charge in [0, 0.05) is 29.1 Å². The molecule has 4 aromatic rings. The number of amides is 1. The maximum atomic E-state index is 15.3. The second-order valence-electron chi connectivity index (χ2n) is 7.96. The van der Waals surface area contributed by atoms with Crippen LogP contribution in [0.2, 0.25) is 0 Å². The minimum atomic E-state index is -4.58. The molecule has 36 heavy (non-hydrogen) atoms. The van der Waals surface area contributed by atoms with Gasteiger partial charge in [0.15, 0.2) is 21.4 Å². The lowest BCUT2D eigenvalue weighted by Gasteiger charge is -2.12. The maximum Gasteiger partial charge on any atom is 0.416 e. The molecule has 0 saturated carbocycles. The lowest BCUT2D eigenvalue weighted by Crippen LogP contribution is -2.20. The molecule has 2 aromatic heterocycles.